The smallest absolute Gasteiger partial charge is 0.312 e. The van der Waals surface area contributed by atoms with Crippen molar-refractivity contribution in [3.8, 4) is 5.75 Å². The highest BCUT2D eigenvalue weighted by Crippen LogP contribution is 2.29. The Hall–Kier alpha value is -2.19. The second-order valence-electron chi connectivity index (χ2n) is 4.62. The van der Waals surface area contributed by atoms with E-state index in [1.54, 1.807) is 6.07 Å². The van der Waals surface area contributed by atoms with Crippen LogP contribution in [0.1, 0.15) is 6.42 Å². The van der Waals surface area contributed by atoms with Crippen LogP contribution in [0.15, 0.2) is 18.2 Å². The summed E-state index contributed by atoms with van der Waals surface area (Å²) in [5.74, 6) is -0.0715. The Balaban J connectivity index is 2.00. The first-order valence-corrected chi connectivity index (χ1v) is 6.53. The average Bonchev–Trinajstić information content (AvgIpc) is 2.48. The zero-order valence-corrected chi connectivity index (χ0v) is 11.6. The van der Waals surface area contributed by atoms with E-state index in [0.717, 1.165) is 0 Å². The molecule has 8 nitrogen and oxygen atoms in total. The van der Waals surface area contributed by atoms with Crippen LogP contribution in [0.4, 0.5) is 11.4 Å². The van der Waals surface area contributed by atoms with Crippen LogP contribution in [-0.2, 0) is 9.53 Å². The number of carbonyl (C=O) groups is 1. The minimum atomic E-state index is -0.551. The van der Waals surface area contributed by atoms with Crippen molar-refractivity contribution in [2.24, 2.45) is 0 Å². The summed E-state index contributed by atoms with van der Waals surface area (Å²) in [5, 5.41) is 16.7. The topological polar surface area (TPSA) is 103 Å². The van der Waals surface area contributed by atoms with Crippen molar-refractivity contribution in [1.82, 2.24) is 5.32 Å². The highest BCUT2D eigenvalue weighted by molar-refractivity contribution is 5.91. The van der Waals surface area contributed by atoms with E-state index < -0.39 is 4.92 Å². The molecule has 21 heavy (non-hydrogen) atoms. The number of methoxy groups -OCH3 is 1. The van der Waals surface area contributed by atoms with Gasteiger partial charge in [0.1, 0.15) is 0 Å². The fourth-order valence-electron chi connectivity index (χ4n) is 2.10. The number of hydrogen-bond donors (Lipinski definition) is 2. The molecular weight excluding hydrogens is 278 g/mol. The highest BCUT2D eigenvalue weighted by Gasteiger charge is 2.19. The number of nitrogens with zero attached hydrogens (tertiary/aromatic N) is 1. The fraction of sp³-hybridized carbons (Fsp3) is 0.462. The number of ether oxygens (including phenoxy) is 2. The predicted octanol–water partition coefficient (Wildman–Crippen LogP) is 0.920. The van der Waals surface area contributed by atoms with Crippen LogP contribution >= 0.6 is 0 Å². The van der Waals surface area contributed by atoms with Crippen LogP contribution in [0.3, 0.4) is 0 Å². The molecule has 1 aromatic rings. The van der Waals surface area contributed by atoms with E-state index in [9.17, 15) is 14.9 Å². The molecule has 8 heteroatoms. The molecule has 1 heterocycles. The van der Waals surface area contributed by atoms with Gasteiger partial charge >= 0.3 is 5.69 Å². The molecule has 1 fully saturated rings. The third-order valence-electron chi connectivity index (χ3n) is 3.09. The number of benzene rings is 1. The first-order valence-electron chi connectivity index (χ1n) is 6.53. The lowest BCUT2D eigenvalue weighted by atomic mass is 10.2. The Morgan fingerprint density at radius 3 is 3.05 bits per heavy atom. The molecule has 0 bridgehead atoms. The third-order valence-corrected chi connectivity index (χ3v) is 3.09. The molecular formula is C13H17N3O5. The SMILES string of the molecule is COc1ccc(NC(=O)CC2COCCN2)cc1[N+](=O)[O-]. The number of rotatable bonds is 5. The van der Waals surface area contributed by atoms with Crippen molar-refractivity contribution in [2.45, 2.75) is 12.5 Å². The summed E-state index contributed by atoms with van der Waals surface area (Å²) in [6.45, 7) is 1.84. The van der Waals surface area contributed by atoms with Crippen molar-refractivity contribution in [3.63, 3.8) is 0 Å². The predicted molar refractivity (Wildman–Crippen MR) is 75.5 cm³/mol. The van der Waals surface area contributed by atoms with Crippen LogP contribution in [0.2, 0.25) is 0 Å². The summed E-state index contributed by atoms with van der Waals surface area (Å²) in [7, 11) is 1.36. The number of hydrogen-bond acceptors (Lipinski definition) is 6. The number of nitro benzene ring substituents is 1. The number of nitro groups is 1. The van der Waals surface area contributed by atoms with Crippen molar-refractivity contribution < 1.29 is 19.2 Å². The normalized spacial score (nSPS) is 18.0. The lowest BCUT2D eigenvalue weighted by molar-refractivity contribution is -0.385. The van der Waals surface area contributed by atoms with E-state index in [-0.39, 0.29) is 29.8 Å². The minimum absolute atomic E-state index is 0.0352. The summed E-state index contributed by atoms with van der Waals surface area (Å²) in [4.78, 5) is 22.3. The van der Waals surface area contributed by atoms with Crippen LogP contribution in [-0.4, -0.2) is 43.7 Å². The third kappa shape index (κ3) is 4.14. The van der Waals surface area contributed by atoms with Gasteiger partial charge in [-0.25, -0.2) is 0 Å². The lowest BCUT2D eigenvalue weighted by Crippen LogP contribution is -2.43. The molecule has 1 atom stereocenters. The number of anilines is 1. The Morgan fingerprint density at radius 1 is 1.62 bits per heavy atom. The fourth-order valence-corrected chi connectivity index (χ4v) is 2.10. The van der Waals surface area contributed by atoms with E-state index in [2.05, 4.69) is 10.6 Å². The number of nitrogens with one attached hydrogen (secondary N) is 2. The molecule has 1 amide bonds. The van der Waals surface area contributed by atoms with Gasteiger partial charge in [0.2, 0.25) is 5.91 Å². The zero-order chi connectivity index (χ0) is 15.2. The Labute approximate surface area is 121 Å². The number of carbonyl (C=O) groups excluding carboxylic acids is 1. The van der Waals surface area contributed by atoms with E-state index in [1.165, 1.54) is 19.2 Å². The first kappa shape index (κ1) is 15.2. The molecule has 0 spiro atoms. The maximum atomic E-state index is 11.9. The second kappa shape index (κ2) is 7.00. The quantitative estimate of drug-likeness (QED) is 0.618. The molecule has 0 aromatic heterocycles. The molecule has 2 rings (SSSR count). The van der Waals surface area contributed by atoms with Gasteiger partial charge in [-0.15, -0.1) is 0 Å². The van der Waals surface area contributed by atoms with Gasteiger partial charge in [-0.05, 0) is 12.1 Å². The van der Waals surface area contributed by atoms with Gasteiger partial charge in [0.15, 0.2) is 5.75 Å². The molecule has 0 aliphatic carbocycles. The van der Waals surface area contributed by atoms with Gasteiger partial charge < -0.3 is 20.1 Å². The second-order valence-corrected chi connectivity index (χ2v) is 4.62. The van der Waals surface area contributed by atoms with E-state index in [4.69, 9.17) is 9.47 Å². The van der Waals surface area contributed by atoms with Crippen LogP contribution in [0.5, 0.6) is 5.75 Å². The molecule has 1 saturated heterocycles. The van der Waals surface area contributed by atoms with E-state index in [0.29, 0.717) is 25.4 Å². The Kier molecular flexibility index (Phi) is 5.07. The maximum absolute atomic E-state index is 11.9. The zero-order valence-electron chi connectivity index (χ0n) is 11.6. The largest absolute Gasteiger partial charge is 0.490 e. The van der Waals surface area contributed by atoms with E-state index >= 15 is 0 Å². The molecule has 1 aliphatic rings. The van der Waals surface area contributed by atoms with Gasteiger partial charge in [-0.2, -0.15) is 0 Å². The van der Waals surface area contributed by atoms with Crippen LogP contribution in [0, 0.1) is 10.1 Å². The van der Waals surface area contributed by atoms with Gasteiger partial charge in [0.05, 0.1) is 25.2 Å². The molecule has 1 aromatic carbocycles. The summed E-state index contributed by atoms with van der Waals surface area (Å²) in [6.07, 6.45) is 0.250. The van der Waals surface area contributed by atoms with Crippen molar-refractivity contribution >= 4 is 17.3 Å². The Morgan fingerprint density at radius 2 is 2.43 bits per heavy atom. The van der Waals surface area contributed by atoms with Gasteiger partial charge in [0, 0.05) is 30.8 Å². The average molecular weight is 295 g/mol. The number of amides is 1. The highest BCUT2D eigenvalue weighted by atomic mass is 16.6. The molecule has 0 radical (unpaired) electrons. The van der Waals surface area contributed by atoms with Crippen molar-refractivity contribution in [1.29, 1.82) is 0 Å². The minimum Gasteiger partial charge on any atom is -0.490 e. The van der Waals surface area contributed by atoms with Crippen molar-refractivity contribution in [3.05, 3.63) is 28.3 Å². The van der Waals surface area contributed by atoms with Crippen LogP contribution < -0.4 is 15.4 Å². The van der Waals surface area contributed by atoms with Gasteiger partial charge in [-0.3, -0.25) is 14.9 Å². The number of morpholine rings is 1. The molecule has 1 unspecified atom stereocenters. The standard InChI is InChI=1S/C13H17N3O5/c1-20-12-3-2-9(6-11(12)16(18)19)15-13(17)7-10-8-21-5-4-14-10/h2-3,6,10,14H,4-5,7-8H2,1H3,(H,15,17). The van der Waals surface area contributed by atoms with Crippen LogP contribution in [0.25, 0.3) is 0 Å². The molecule has 0 saturated carbocycles. The monoisotopic (exact) mass is 295 g/mol. The lowest BCUT2D eigenvalue weighted by Gasteiger charge is -2.23. The molecule has 1 aliphatic heterocycles. The summed E-state index contributed by atoms with van der Waals surface area (Å²) < 4.78 is 10.2. The Bertz CT molecular complexity index is 529. The van der Waals surface area contributed by atoms with Gasteiger partial charge in [0.25, 0.3) is 0 Å². The molecule has 2 N–H and O–H groups in total. The summed E-state index contributed by atoms with van der Waals surface area (Å²) in [6, 6.07) is 4.26. The van der Waals surface area contributed by atoms with Gasteiger partial charge in [-0.1, -0.05) is 0 Å². The first-order chi connectivity index (χ1) is 10.1. The van der Waals surface area contributed by atoms with Crippen molar-refractivity contribution in [2.75, 3.05) is 32.2 Å². The maximum Gasteiger partial charge on any atom is 0.312 e. The van der Waals surface area contributed by atoms with E-state index in [1.807, 2.05) is 0 Å². The molecule has 114 valence electrons. The summed E-state index contributed by atoms with van der Waals surface area (Å²) in [5.41, 5.74) is 0.179. The summed E-state index contributed by atoms with van der Waals surface area (Å²) >= 11 is 0.